The summed E-state index contributed by atoms with van der Waals surface area (Å²) < 4.78 is 8.01. The molecule has 0 bridgehead atoms. The van der Waals surface area contributed by atoms with Crippen molar-refractivity contribution in [1.82, 2.24) is 4.67 Å². The van der Waals surface area contributed by atoms with E-state index in [1.54, 1.807) is 0 Å². The minimum atomic E-state index is -2.82. The Morgan fingerprint density at radius 2 is 1.89 bits per heavy atom. The molecular weight excluding hydrogens is 257 g/mol. The molecule has 0 radical (unpaired) electrons. The van der Waals surface area contributed by atoms with E-state index in [9.17, 15) is 4.89 Å². The van der Waals surface area contributed by atoms with Crippen molar-refractivity contribution in [3.63, 3.8) is 0 Å². The van der Waals surface area contributed by atoms with E-state index in [2.05, 4.69) is 18.5 Å². The molecule has 1 saturated heterocycles. The third kappa shape index (κ3) is 3.00. The van der Waals surface area contributed by atoms with Gasteiger partial charge in [0.15, 0.2) is 7.87 Å². The summed E-state index contributed by atoms with van der Waals surface area (Å²) >= 11 is 0. The molecule has 1 aliphatic rings. The van der Waals surface area contributed by atoms with E-state index in [0.29, 0.717) is 0 Å². The van der Waals surface area contributed by atoms with Gasteiger partial charge in [0.25, 0.3) is 0 Å². The standard InChI is InChI=1S/C15H24NO2P/c1-12(2)16-11-10-13(3)18-19(16,17)14(4)15-8-6-5-7-9-15/h5-9,12-14H,10-11H2,1-4H3/t13-,14-,19?/m1/s1. The van der Waals surface area contributed by atoms with Crippen LogP contribution in [-0.4, -0.2) is 23.4 Å². The second-order valence-corrected chi connectivity index (χ2v) is 8.24. The highest BCUT2D eigenvalue weighted by Gasteiger charge is 2.48. The van der Waals surface area contributed by atoms with Crippen molar-refractivity contribution in [2.24, 2.45) is 0 Å². The van der Waals surface area contributed by atoms with Crippen LogP contribution in [0.5, 0.6) is 0 Å². The van der Waals surface area contributed by atoms with E-state index in [1.807, 2.05) is 44.2 Å². The van der Waals surface area contributed by atoms with Crippen LogP contribution in [0.2, 0.25) is 0 Å². The Morgan fingerprint density at radius 1 is 1.26 bits per heavy atom. The molecule has 0 amide bonds. The van der Waals surface area contributed by atoms with Gasteiger partial charge in [-0.3, -0.25) is 0 Å². The smallest absolute Gasteiger partial charge is 0.181 e. The molecule has 1 aromatic carbocycles. The van der Waals surface area contributed by atoms with Crippen LogP contribution >= 0.6 is 7.87 Å². The fourth-order valence-corrected chi connectivity index (χ4v) is 5.59. The van der Waals surface area contributed by atoms with Gasteiger partial charge in [-0.15, -0.1) is 0 Å². The Kier molecular flexibility index (Phi) is 4.62. The molecule has 1 aliphatic heterocycles. The topological polar surface area (TPSA) is 35.5 Å². The van der Waals surface area contributed by atoms with E-state index in [4.69, 9.17) is 4.52 Å². The van der Waals surface area contributed by atoms with Crippen LogP contribution in [0, 0.1) is 0 Å². The normalized spacial score (nSPS) is 30.5. The molecule has 0 spiro atoms. The molecule has 0 aliphatic carbocycles. The molecule has 0 saturated carbocycles. The second kappa shape index (κ2) is 5.88. The van der Waals surface area contributed by atoms with Crippen LogP contribution in [0.15, 0.2) is 30.3 Å². The molecule has 1 fully saturated rings. The minimum absolute atomic E-state index is 0.0759. The zero-order valence-electron chi connectivity index (χ0n) is 12.2. The average molecular weight is 281 g/mol. The van der Waals surface area contributed by atoms with Gasteiger partial charge in [-0.25, -0.2) is 4.52 Å². The first-order valence-electron chi connectivity index (χ1n) is 7.05. The zero-order chi connectivity index (χ0) is 14.0. The van der Waals surface area contributed by atoms with E-state index < -0.39 is 7.87 Å². The van der Waals surface area contributed by atoms with E-state index >= 15 is 0 Å². The molecule has 1 aromatic rings. The van der Waals surface area contributed by atoms with Gasteiger partial charge in [-0.1, -0.05) is 30.3 Å². The first-order valence-corrected chi connectivity index (χ1v) is 8.70. The van der Waals surface area contributed by atoms with Crippen molar-refractivity contribution in [2.75, 3.05) is 6.54 Å². The van der Waals surface area contributed by atoms with Gasteiger partial charge in [0.2, 0.25) is 0 Å². The van der Waals surface area contributed by atoms with Crippen LogP contribution in [0.1, 0.15) is 45.3 Å². The predicted octanol–water partition coefficient (Wildman–Crippen LogP) is 3.39. The quantitative estimate of drug-likeness (QED) is 0.797. The summed E-state index contributed by atoms with van der Waals surface area (Å²) in [5.41, 5.74) is 1.00. The Hall–Kier alpha value is -0.470. The Morgan fingerprint density at radius 3 is 2.47 bits per heavy atom. The molecule has 0 N–H and O–H groups in total. The van der Waals surface area contributed by atoms with Crippen LogP contribution in [-0.2, 0) is 4.52 Å². The molecule has 19 heavy (non-hydrogen) atoms. The summed E-state index contributed by atoms with van der Waals surface area (Å²) in [5, 5.41) is 0. The number of hydrogen-bond acceptors (Lipinski definition) is 3. The lowest BCUT2D eigenvalue weighted by Gasteiger charge is -2.48. The zero-order valence-corrected chi connectivity index (χ0v) is 13.1. The van der Waals surface area contributed by atoms with E-state index in [-0.39, 0.29) is 17.8 Å². The molecular formula is C15H24NO2P. The molecule has 0 aromatic heterocycles. The summed E-state index contributed by atoms with van der Waals surface area (Å²) in [6.45, 7) is 9.06. The predicted molar refractivity (Wildman–Crippen MR) is 78.8 cm³/mol. The van der Waals surface area contributed by atoms with Crippen molar-refractivity contribution in [3.05, 3.63) is 35.9 Å². The molecule has 4 heteroatoms. The maximum Gasteiger partial charge on any atom is 0.181 e. The molecule has 1 unspecified atom stereocenters. The highest BCUT2D eigenvalue weighted by molar-refractivity contribution is 7.62. The average Bonchev–Trinajstić information content (AvgIpc) is 2.38. The summed E-state index contributed by atoms with van der Waals surface area (Å²) in [7, 11) is -2.82. The Bertz CT molecular complexity index is 412. The van der Waals surface area contributed by atoms with Crippen LogP contribution in [0.25, 0.3) is 0 Å². The van der Waals surface area contributed by atoms with Crippen LogP contribution in [0.3, 0.4) is 0 Å². The third-order valence-corrected chi connectivity index (χ3v) is 7.14. The minimum Gasteiger partial charge on any atom is -0.641 e. The van der Waals surface area contributed by atoms with Gasteiger partial charge in [0.1, 0.15) is 11.8 Å². The number of nitrogens with zero attached hydrogens (tertiary/aromatic N) is 1. The number of rotatable bonds is 3. The fourth-order valence-electron chi connectivity index (χ4n) is 2.64. The lowest BCUT2D eigenvalue weighted by Crippen LogP contribution is -2.45. The second-order valence-electron chi connectivity index (χ2n) is 5.61. The van der Waals surface area contributed by atoms with Gasteiger partial charge >= 0.3 is 0 Å². The molecule has 2 rings (SSSR count). The Balaban J connectivity index is 2.31. The van der Waals surface area contributed by atoms with Gasteiger partial charge in [0.05, 0.1) is 0 Å². The largest absolute Gasteiger partial charge is 0.641 e. The third-order valence-electron chi connectivity index (χ3n) is 3.82. The van der Waals surface area contributed by atoms with E-state index in [1.165, 1.54) is 0 Å². The first kappa shape index (κ1) is 14.9. The van der Waals surface area contributed by atoms with Crippen molar-refractivity contribution >= 4 is 7.87 Å². The number of hydrogen-bond donors (Lipinski definition) is 0. The van der Waals surface area contributed by atoms with Crippen molar-refractivity contribution in [2.45, 2.75) is 51.9 Å². The van der Waals surface area contributed by atoms with Gasteiger partial charge < -0.3 is 4.89 Å². The van der Waals surface area contributed by atoms with Crippen LogP contribution in [0.4, 0.5) is 0 Å². The molecule has 3 atom stereocenters. The molecule has 106 valence electrons. The first-order chi connectivity index (χ1) is 8.95. The van der Waals surface area contributed by atoms with Crippen molar-refractivity contribution in [1.29, 1.82) is 0 Å². The van der Waals surface area contributed by atoms with Crippen LogP contribution < -0.4 is 4.89 Å². The Labute approximate surface area is 117 Å². The van der Waals surface area contributed by atoms with Crippen molar-refractivity contribution < 1.29 is 9.42 Å². The summed E-state index contributed by atoms with van der Waals surface area (Å²) in [6.07, 6.45) is 1.02. The maximum atomic E-state index is 13.4. The van der Waals surface area contributed by atoms with Gasteiger partial charge in [-0.2, -0.15) is 4.67 Å². The lowest BCUT2D eigenvalue weighted by atomic mass is 10.2. The monoisotopic (exact) mass is 281 g/mol. The molecule has 1 heterocycles. The maximum absolute atomic E-state index is 13.4. The number of benzene rings is 1. The summed E-state index contributed by atoms with van der Waals surface area (Å²) in [5.74, 6) is 0. The molecule has 3 nitrogen and oxygen atoms in total. The van der Waals surface area contributed by atoms with Crippen molar-refractivity contribution in [3.8, 4) is 0 Å². The summed E-state index contributed by atoms with van der Waals surface area (Å²) in [6, 6.07) is 10.3. The lowest BCUT2D eigenvalue weighted by molar-refractivity contribution is -0.220. The van der Waals surface area contributed by atoms with Gasteiger partial charge in [0, 0.05) is 12.6 Å². The highest BCUT2D eigenvalue weighted by atomic mass is 31.2. The van der Waals surface area contributed by atoms with Gasteiger partial charge in [-0.05, 0) is 39.7 Å². The van der Waals surface area contributed by atoms with E-state index in [0.717, 1.165) is 18.5 Å². The fraction of sp³-hybridized carbons (Fsp3) is 0.600. The highest BCUT2D eigenvalue weighted by Crippen LogP contribution is 2.69. The summed E-state index contributed by atoms with van der Waals surface area (Å²) in [4.78, 5) is 13.4. The SMILES string of the molecule is CC(C)N1CC[C@@H](C)O[P+]1([O-])[C@H](C)c1ccccc1.